The predicted molar refractivity (Wildman–Crippen MR) is 77.4 cm³/mol. The lowest BCUT2D eigenvalue weighted by molar-refractivity contribution is 0.360. The van der Waals surface area contributed by atoms with E-state index in [2.05, 4.69) is 39.7 Å². The molecule has 1 aliphatic heterocycles. The Labute approximate surface area is 119 Å². The van der Waals surface area contributed by atoms with Crippen LogP contribution in [0, 0.1) is 5.92 Å². The van der Waals surface area contributed by atoms with E-state index in [1.807, 2.05) is 6.07 Å². The maximum Gasteiger partial charge on any atom is 0.226 e. The van der Waals surface area contributed by atoms with Crippen LogP contribution in [0.3, 0.4) is 0 Å². The van der Waals surface area contributed by atoms with Gasteiger partial charge in [0, 0.05) is 12.8 Å². The molecule has 2 aromatic rings. The fourth-order valence-corrected chi connectivity index (χ4v) is 2.68. The zero-order valence-corrected chi connectivity index (χ0v) is 11.7. The lowest BCUT2D eigenvalue weighted by Crippen LogP contribution is -2.09. The quantitative estimate of drug-likeness (QED) is 0.876. The highest BCUT2D eigenvalue weighted by molar-refractivity contribution is 5.15. The summed E-state index contributed by atoms with van der Waals surface area (Å²) >= 11 is 0. The number of hydrogen-bond donors (Lipinski definition) is 1. The van der Waals surface area contributed by atoms with Crippen molar-refractivity contribution < 1.29 is 4.52 Å². The first kappa shape index (κ1) is 13.3. The first-order valence-electron chi connectivity index (χ1n) is 7.46. The van der Waals surface area contributed by atoms with E-state index in [9.17, 15) is 0 Å². The highest BCUT2D eigenvalue weighted by atomic mass is 16.5. The average molecular weight is 271 g/mol. The molecule has 1 aliphatic rings. The van der Waals surface area contributed by atoms with Gasteiger partial charge in [0.15, 0.2) is 5.82 Å². The van der Waals surface area contributed by atoms with Gasteiger partial charge in [-0.15, -0.1) is 0 Å². The summed E-state index contributed by atoms with van der Waals surface area (Å²) in [7, 11) is 0. The molecule has 1 N–H and O–H groups in total. The molecular weight excluding hydrogens is 250 g/mol. The van der Waals surface area contributed by atoms with Crippen molar-refractivity contribution in [3.8, 4) is 0 Å². The van der Waals surface area contributed by atoms with Gasteiger partial charge >= 0.3 is 0 Å². The lowest BCUT2D eigenvalue weighted by atomic mass is 10.0. The van der Waals surface area contributed by atoms with Crippen LogP contribution < -0.4 is 5.32 Å². The molecule has 1 aromatic carbocycles. The topological polar surface area (TPSA) is 51.0 Å². The minimum atomic E-state index is 0.773. The van der Waals surface area contributed by atoms with Crippen LogP contribution in [0.2, 0.25) is 0 Å². The normalized spacial score (nSPS) is 18.5. The van der Waals surface area contributed by atoms with Gasteiger partial charge < -0.3 is 9.84 Å². The predicted octanol–water partition coefficient (Wildman–Crippen LogP) is 2.40. The van der Waals surface area contributed by atoms with Crippen LogP contribution in [0.1, 0.15) is 30.1 Å². The van der Waals surface area contributed by atoms with Gasteiger partial charge in [-0.05, 0) is 43.8 Å². The van der Waals surface area contributed by atoms with Gasteiger partial charge in [0.1, 0.15) is 0 Å². The standard InChI is InChI=1S/C16H21N3O/c1-2-4-13(5-3-1)6-8-15-18-16(20-19-15)9-7-14-10-11-17-12-14/h1-5,14,17H,6-12H2. The average Bonchev–Trinajstić information content (AvgIpc) is 3.16. The molecule has 4 nitrogen and oxygen atoms in total. The van der Waals surface area contributed by atoms with Crippen LogP contribution in [0.5, 0.6) is 0 Å². The Balaban J connectivity index is 1.46. The van der Waals surface area contributed by atoms with Crippen LogP contribution in [0.15, 0.2) is 34.9 Å². The molecule has 20 heavy (non-hydrogen) atoms. The van der Waals surface area contributed by atoms with E-state index < -0.39 is 0 Å². The molecule has 2 heterocycles. The zero-order chi connectivity index (χ0) is 13.6. The summed E-state index contributed by atoms with van der Waals surface area (Å²) in [5.74, 6) is 2.39. The SMILES string of the molecule is c1ccc(CCc2noc(CCC3CCNC3)n2)cc1. The molecule has 3 rings (SSSR count). The fourth-order valence-electron chi connectivity index (χ4n) is 2.68. The van der Waals surface area contributed by atoms with E-state index in [1.165, 1.54) is 12.0 Å². The number of aryl methyl sites for hydroxylation is 3. The Morgan fingerprint density at radius 1 is 1.15 bits per heavy atom. The van der Waals surface area contributed by atoms with Gasteiger partial charge in [0.05, 0.1) is 0 Å². The summed E-state index contributed by atoms with van der Waals surface area (Å²) in [6, 6.07) is 10.4. The summed E-state index contributed by atoms with van der Waals surface area (Å²) in [6.07, 6.45) is 5.14. The molecular formula is C16H21N3O. The number of hydrogen-bond acceptors (Lipinski definition) is 4. The largest absolute Gasteiger partial charge is 0.339 e. The summed E-state index contributed by atoms with van der Waals surface area (Å²) in [5.41, 5.74) is 1.32. The van der Waals surface area contributed by atoms with E-state index in [-0.39, 0.29) is 0 Å². The zero-order valence-electron chi connectivity index (χ0n) is 11.7. The Hall–Kier alpha value is -1.68. The smallest absolute Gasteiger partial charge is 0.226 e. The Kier molecular flexibility index (Phi) is 4.43. The van der Waals surface area contributed by atoms with Crippen LogP contribution in [-0.4, -0.2) is 23.2 Å². The summed E-state index contributed by atoms with van der Waals surface area (Å²) in [5, 5.41) is 7.46. The van der Waals surface area contributed by atoms with E-state index in [1.54, 1.807) is 0 Å². The maximum atomic E-state index is 5.33. The van der Waals surface area contributed by atoms with Crippen molar-refractivity contribution in [2.45, 2.75) is 32.1 Å². The molecule has 0 amide bonds. The van der Waals surface area contributed by atoms with Crippen molar-refractivity contribution in [3.63, 3.8) is 0 Å². The number of nitrogens with one attached hydrogen (secondary N) is 1. The second-order valence-corrected chi connectivity index (χ2v) is 5.49. The van der Waals surface area contributed by atoms with Crippen LogP contribution in [0.25, 0.3) is 0 Å². The van der Waals surface area contributed by atoms with E-state index in [0.717, 1.165) is 56.4 Å². The Bertz CT molecular complexity index is 518. The molecule has 0 radical (unpaired) electrons. The molecule has 1 atom stereocenters. The molecule has 1 unspecified atom stereocenters. The third-order valence-electron chi connectivity index (χ3n) is 3.92. The van der Waals surface area contributed by atoms with Crippen LogP contribution in [-0.2, 0) is 19.3 Å². The second kappa shape index (κ2) is 6.66. The van der Waals surface area contributed by atoms with Gasteiger partial charge in [-0.1, -0.05) is 35.5 Å². The van der Waals surface area contributed by atoms with Crippen LogP contribution in [0.4, 0.5) is 0 Å². The van der Waals surface area contributed by atoms with Crippen molar-refractivity contribution in [1.82, 2.24) is 15.5 Å². The number of rotatable bonds is 6. The van der Waals surface area contributed by atoms with Gasteiger partial charge in [-0.2, -0.15) is 4.98 Å². The number of benzene rings is 1. The number of aromatic nitrogens is 2. The second-order valence-electron chi connectivity index (χ2n) is 5.49. The third kappa shape index (κ3) is 3.67. The van der Waals surface area contributed by atoms with E-state index in [4.69, 9.17) is 4.52 Å². The molecule has 1 saturated heterocycles. The highest BCUT2D eigenvalue weighted by Crippen LogP contribution is 2.15. The van der Waals surface area contributed by atoms with Gasteiger partial charge in [-0.25, -0.2) is 0 Å². The molecule has 0 spiro atoms. The van der Waals surface area contributed by atoms with E-state index in [0.29, 0.717) is 0 Å². The van der Waals surface area contributed by atoms with Gasteiger partial charge in [-0.3, -0.25) is 0 Å². The van der Waals surface area contributed by atoms with Crippen molar-refractivity contribution in [1.29, 1.82) is 0 Å². The van der Waals surface area contributed by atoms with Crippen LogP contribution >= 0.6 is 0 Å². The monoisotopic (exact) mass is 271 g/mol. The molecule has 0 saturated carbocycles. The van der Waals surface area contributed by atoms with Crippen molar-refractivity contribution in [2.24, 2.45) is 5.92 Å². The Morgan fingerprint density at radius 3 is 2.85 bits per heavy atom. The molecule has 106 valence electrons. The summed E-state index contributed by atoms with van der Waals surface area (Å²) < 4.78 is 5.33. The first-order chi connectivity index (χ1) is 9.90. The maximum absolute atomic E-state index is 5.33. The van der Waals surface area contributed by atoms with Crippen molar-refractivity contribution >= 4 is 0 Å². The number of nitrogens with zero attached hydrogens (tertiary/aromatic N) is 2. The molecule has 0 aliphatic carbocycles. The Morgan fingerprint density at radius 2 is 2.05 bits per heavy atom. The van der Waals surface area contributed by atoms with Gasteiger partial charge in [0.25, 0.3) is 0 Å². The molecule has 0 bridgehead atoms. The lowest BCUT2D eigenvalue weighted by Gasteiger charge is -2.03. The van der Waals surface area contributed by atoms with Gasteiger partial charge in [0.2, 0.25) is 5.89 Å². The fraction of sp³-hybridized carbons (Fsp3) is 0.500. The molecule has 1 fully saturated rings. The first-order valence-corrected chi connectivity index (χ1v) is 7.46. The van der Waals surface area contributed by atoms with Crippen molar-refractivity contribution in [3.05, 3.63) is 47.6 Å². The minimum Gasteiger partial charge on any atom is -0.339 e. The van der Waals surface area contributed by atoms with E-state index >= 15 is 0 Å². The minimum absolute atomic E-state index is 0.773. The summed E-state index contributed by atoms with van der Waals surface area (Å²) in [4.78, 5) is 4.49. The summed E-state index contributed by atoms with van der Waals surface area (Å²) in [6.45, 7) is 2.28. The highest BCUT2D eigenvalue weighted by Gasteiger charge is 2.16. The molecule has 1 aromatic heterocycles. The third-order valence-corrected chi connectivity index (χ3v) is 3.92. The van der Waals surface area contributed by atoms with Crippen molar-refractivity contribution in [2.75, 3.05) is 13.1 Å². The molecule has 4 heteroatoms.